The number of hydrogen-bond acceptors (Lipinski definition) is 5. The van der Waals surface area contributed by atoms with Gasteiger partial charge in [-0.1, -0.05) is 41.9 Å². The second-order valence-corrected chi connectivity index (χ2v) is 7.58. The van der Waals surface area contributed by atoms with E-state index in [1.165, 1.54) is 0 Å². The van der Waals surface area contributed by atoms with Crippen LogP contribution in [0.25, 0.3) is 22.7 Å². The van der Waals surface area contributed by atoms with Crippen LogP contribution in [0.2, 0.25) is 5.02 Å². The maximum absolute atomic E-state index is 9.78. The summed E-state index contributed by atoms with van der Waals surface area (Å²) in [7, 11) is 1.60. The van der Waals surface area contributed by atoms with Crippen molar-refractivity contribution in [3.8, 4) is 23.3 Å². The molecule has 0 aliphatic carbocycles. The summed E-state index contributed by atoms with van der Waals surface area (Å²) in [6.45, 7) is 2.70. The molecular formula is C26H22ClN3O3. The molecule has 0 unspecified atom stereocenters. The van der Waals surface area contributed by atoms with Gasteiger partial charge in [-0.15, -0.1) is 0 Å². The Bertz CT molecular complexity index is 1340. The molecule has 3 aromatic carbocycles. The fourth-order valence-electron chi connectivity index (χ4n) is 3.37. The molecule has 0 atom stereocenters. The van der Waals surface area contributed by atoms with Gasteiger partial charge in [-0.2, -0.15) is 5.26 Å². The van der Waals surface area contributed by atoms with Gasteiger partial charge >= 0.3 is 0 Å². The van der Waals surface area contributed by atoms with Crippen molar-refractivity contribution < 1.29 is 14.2 Å². The summed E-state index contributed by atoms with van der Waals surface area (Å²) in [5, 5.41) is 10.2. The third-order valence-electron chi connectivity index (χ3n) is 4.93. The Labute approximate surface area is 197 Å². The lowest BCUT2D eigenvalue weighted by Gasteiger charge is -2.14. The number of fused-ring (bicyclic) bond motifs is 1. The third-order valence-corrected chi connectivity index (χ3v) is 5.21. The highest BCUT2D eigenvalue weighted by molar-refractivity contribution is 6.32. The van der Waals surface area contributed by atoms with E-state index in [9.17, 15) is 5.26 Å². The average Bonchev–Trinajstić information content (AvgIpc) is 3.26. The fourth-order valence-corrected chi connectivity index (χ4v) is 3.64. The van der Waals surface area contributed by atoms with Crippen molar-refractivity contribution in [1.82, 2.24) is 9.97 Å². The number of aromatic nitrogens is 2. The molecule has 0 amide bonds. The lowest BCUT2D eigenvalue weighted by Crippen LogP contribution is -2.01. The maximum Gasteiger partial charge on any atom is 0.180 e. The summed E-state index contributed by atoms with van der Waals surface area (Å²) in [6, 6.07) is 21.1. The van der Waals surface area contributed by atoms with Gasteiger partial charge < -0.3 is 19.2 Å². The van der Waals surface area contributed by atoms with Crippen molar-refractivity contribution in [3.63, 3.8) is 0 Å². The first-order valence-corrected chi connectivity index (χ1v) is 10.8. The number of hydrogen-bond donors (Lipinski definition) is 1. The van der Waals surface area contributed by atoms with Crippen LogP contribution in [0.5, 0.6) is 17.2 Å². The second kappa shape index (κ2) is 10.1. The Kier molecular flexibility index (Phi) is 6.82. The van der Waals surface area contributed by atoms with E-state index in [-0.39, 0.29) is 0 Å². The molecule has 166 valence electrons. The van der Waals surface area contributed by atoms with Crippen LogP contribution in [0.4, 0.5) is 0 Å². The van der Waals surface area contributed by atoms with Crippen LogP contribution in [0, 0.1) is 11.3 Å². The molecule has 0 bridgehead atoms. The second-order valence-electron chi connectivity index (χ2n) is 7.18. The molecule has 0 radical (unpaired) electrons. The van der Waals surface area contributed by atoms with Crippen molar-refractivity contribution in [1.29, 1.82) is 5.26 Å². The zero-order valence-electron chi connectivity index (χ0n) is 18.3. The number of aromatic amines is 1. The Hall–Kier alpha value is -3.95. The lowest BCUT2D eigenvalue weighted by molar-refractivity contribution is 0.269. The summed E-state index contributed by atoms with van der Waals surface area (Å²) < 4.78 is 17.0. The molecular weight excluding hydrogens is 438 g/mol. The van der Waals surface area contributed by atoms with Crippen LogP contribution in [0.15, 0.2) is 60.7 Å². The summed E-state index contributed by atoms with van der Waals surface area (Å²) in [6.07, 6.45) is 1.71. The van der Waals surface area contributed by atoms with E-state index < -0.39 is 0 Å². The van der Waals surface area contributed by atoms with Gasteiger partial charge in [0.25, 0.3) is 0 Å². The predicted molar refractivity (Wildman–Crippen MR) is 130 cm³/mol. The standard InChI is InChI=1S/C26H22ClN3O3/c1-3-32-24-13-18(12-21(27)25(24)33-16-17-7-5-4-6-8-17)11-19(15-28)26-29-22-10-9-20(31-2)14-23(22)30-26/h4-14H,3,16H2,1-2H3,(H,29,30)/b19-11-. The van der Waals surface area contributed by atoms with E-state index >= 15 is 0 Å². The fraction of sp³-hybridized carbons (Fsp3) is 0.154. The van der Waals surface area contributed by atoms with Crippen LogP contribution in [0.3, 0.4) is 0 Å². The number of nitrogens with one attached hydrogen (secondary N) is 1. The van der Waals surface area contributed by atoms with E-state index in [1.54, 1.807) is 25.3 Å². The van der Waals surface area contributed by atoms with Crippen molar-refractivity contribution in [2.24, 2.45) is 0 Å². The van der Waals surface area contributed by atoms with Gasteiger partial charge in [0.05, 0.1) is 35.3 Å². The van der Waals surface area contributed by atoms with Crippen LogP contribution in [-0.2, 0) is 6.61 Å². The molecule has 0 saturated carbocycles. The molecule has 33 heavy (non-hydrogen) atoms. The van der Waals surface area contributed by atoms with E-state index in [1.807, 2.05) is 55.5 Å². The highest BCUT2D eigenvalue weighted by Gasteiger charge is 2.14. The van der Waals surface area contributed by atoms with Crippen molar-refractivity contribution in [3.05, 3.63) is 82.6 Å². The molecule has 0 saturated heterocycles. The number of H-pyrrole nitrogens is 1. The molecule has 4 aromatic rings. The number of methoxy groups -OCH3 is 1. The number of benzene rings is 3. The summed E-state index contributed by atoms with van der Waals surface area (Å²) in [4.78, 5) is 7.70. The molecule has 0 aliphatic rings. The van der Waals surface area contributed by atoms with Gasteiger partial charge in [-0.3, -0.25) is 0 Å². The lowest BCUT2D eigenvalue weighted by atomic mass is 10.1. The van der Waals surface area contributed by atoms with E-state index in [0.29, 0.717) is 52.4 Å². The Morgan fingerprint density at radius 2 is 1.94 bits per heavy atom. The highest BCUT2D eigenvalue weighted by atomic mass is 35.5. The van der Waals surface area contributed by atoms with E-state index in [4.69, 9.17) is 25.8 Å². The molecule has 0 aliphatic heterocycles. The van der Waals surface area contributed by atoms with Crippen molar-refractivity contribution in [2.75, 3.05) is 13.7 Å². The minimum absolute atomic E-state index is 0.363. The van der Waals surface area contributed by atoms with E-state index in [0.717, 1.165) is 16.6 Å². The maximum atomic E-state index is 9.78. The minimum atomic E-state index is 0.363. The van der Waals surface area contributed by atoms with Crippen LogP contribution in [0.1, 0.15) is 23.9 Å². The Morgan fingerprint density at radius 1 is 1.12 bits per heavy atom. The molecule has 0 fully saturated rings. The minimum Gasteiger partial charge on any atom is -0.497 e. The molecule has 0 spiro atoms. The smallest absolute Gasteiger partial charge is 0.180 e. The number of rotatable bonds is 8. The average molecular weight is 460 g/mol. The molecule has 7 heteroatoms. The SMILES string of the molecule is CCOc1cc(/C=C(/C#N)c2nc3ccc(OC)cc3[nH]2)cc(Cl)c1OCc1ccccc1. The largest absolute Gasteiger partial charge is 0.497 e. The monoisotopic (exact) mass is 459 g/mol. The topological polar surface area (TPSA) is 80.2 Å². The van der Waals surface area contributed by atoms with Gasteiger partial charge in [-0.05, 0) is 48.4 Å². The predicted octanol–water partition coefficient (Wildman–Crippen LogP) is 6.27. The number of allylic oxidation sites excluding steroid dienone is 1. The summed E-state index contributed by atoms with van der Waals surface area (Å²) >= 11 is 6.55. The number of nitrogens with zero attached hydrogens (tertiary/aromatic N) is 2. The number of nitriles is 1. The van der Waals surface area contributed by atoms with Gasteiger partial charge in [0.15, 0.2) is 11.5 Å². The van der Waals surface area contributed by atoms with Gasteiger partial charge in [-0.25, -0.2) is 4.98 Å². The van der Waals surface area contributed by atoms with Crippen LogP contribution in [-0.4, -0.2) is 23.7 Å². The first-order chi connectivity index (χ1) is 16.1. The molecule has 1 aromatic heterocycles. The van der Waals surface area contributed by atoms with Crippen LogP contribution < -0.4 is 14.2 Å². The number of imidazole rings is 1. The van der Waals surface area contributed by atoms with Crippen LogP contribution >= 0.6 is 11.6 Å². The number of ether oxygens (including phenoxy) is 3. The van der Waals surface area contributed by atoms with Gasteiger partial charge in [0.1, 0.15) is 24.3 Å². The highest BCUT2D eigenvalue weighted by Crippen LogP contribution is 2.38. The Balaban J connectivity index is 1.66. The van der Waals surface area contributed by atoms with Gasteiger partial charge in [0, 0.05) is 6.07 Å². The Morgan fingerprint density at radius 3 is 2.67 bits per heavy atom. The molecule has 1 N–H and O–H groups in total. The first-order valence-electron chi connectivity index (χ1n) is 10.4. The number of halogens is 1. The molecule has 6 nitrogen and oxygen atoms in total. The summed E-state index contributed by atoms with van der Waals surface area (Å²) in [5.41, 5.74) is 3.60. The zero-order chi connectivity index (χ0) is 23.2. The van der Waals surface area contributed by atoms with E-state index in [2.05, 4.69) is 16.0 Å². The van der Waals surface area contributed by atoms with Gasteiger partial charge in [0.2, 0.25) is 0 Å². The normalized spacial score (nSPS) is 11.3. The first kappa shape index (κ1) is 22.3. The zero-order valence-corrected chi connectivity index (χ0v) is 19.0. The molecule has 1 heterocycles. The summed E-state index contributed by atoms with van der Waals surface area (Å²) in [5.74, 6) is 2.14. The quantitative estimate of drug-likeness (QED) is 0.314. The van der Waals surface area contributed by atoms with Crippen molar-refractivity contribution >= 4 is 34.3 Å². The third kappa shape index (κ3) is 5.11. The van der Waals surface area contributed by atoms with Crippen molar-refractivity contribution in [2.45, 2.75) is 13.5 Å². The molecule has 4 rings (SSSR count).